The van der Waals surface area contributed by atoms with E-state index < -0.39 is 10.1 Å². The molecule has 1 atom stereocenters. The highest BCUT2D eigenvalue weighted by Crippen LogP contribution is 2.04. The maximum Gasteiger partial charge on any atom is 0.264 e. The summed E-state index contributed by atoms with van der Waals surface area (Å²) in [4.78, 5) is 0. The molecule has 0 rings (SSSR count). The van der Waals surface area contributed by atoms with E-state index >= 15 is 0 Å². The van der Waals surface area contributed by atoms with Gasteiger partial charge in [-0.25, -0.2) is 0 Å². The summed E-state index contributed by atoms with van der Waals surface area (Å²) < 4.78 is 29.7. The van der Waals surface area contributed by atoms with E-state index in [1.807, 2.05) is 6.92 Å². The first-order chi connectivity index (χ1) is 7.95. The van der Waals surface area contributed by atoms with Crippen molar-refractivity contribution in [2.75, 3.05) is 12.3 Å². The van der Waals surface area contributed by atoms with E-state index in [4.69, 9.17) is 4.55 Å². The first-order valence-electron chi connectivity index (χ1n) is 6.64. The van der Waals surface area contributed by atoms with Gasteiger partial charge < -0.3 is 5.32 Å². The lowest BCUT2D eigenvalue weighted by atomic mass is 10.1. The van der Waals surface area contributed by atoms with E-state index in [1.54, 1.807) is 0 Å². The summed E-state index contributed by atoms with van der Waals surface area (Å²) in [7, 11) is -3.80. The van der Waals surface area contributed by atoms with Crippen molar-refractivity contribution in [3.63, 3.8) is 0 Å². The van der Waals surface area contributed by atoms with Gasteiger partial charge in [0.1, 0.15) is 0 Å². The third kappa shape index (κ3) is 13.8. The van der Waals surface area contributed by atoms with Gasteiger partial charge in [-0.2, -0.15) is 8.42 Å². The Kier molecular flexibility index (Phi) is 9.78. The van der Waals surface area contributed by atoms with Crippen molar-refractivity contribution in [2.24, 2.45) is 0 Å². The number of hydrogen-bond acceptors (Lipinski definition) is 3. The van der Waals surface area contributed by atoms with E-state index in [1.165, 1.54) is 32.1 Å². The lowest BCUT2D eigenvalue weighted by molar-refractivity contribution is 0.465. The van der Waals surface area contributed by atoms with Crippen LogP contribution in [0.4, 0.5) is 0 Å². The number of unbranched alkanes of at least 4 members (excludes halogenated alkanes) is 5. The molecule has 0 aromatic heterocycles. The van der Waals surface area contributed by atoms with E-state index in [0.29, 0.717) is 6.42 Å². The van der Waals surface area contributed by atoms with Crippen molar-refractivity contribution in [3.8, 4) is 0 Å². The summed E-state index contributed by atoms with van der Waals surface area (Å²) in [5.41, 5.74) is 0. The topological polar surface area (TPSA) is 66.4 Å². The van der Waals surface area contributed by atoms with Gasteiger partial charge in [0.05, 0.1) is 5.75 Å². The third-order valence-corrected chi connectivity index (χ3v) is 3.58. The molecule has 0 amide bonds. The molecule has 0 fully saturated rings. The smallest absolute Gasteiger partial charge is 0.264 e. The first-order valence-corrected chi connectivity index (χ1v) is 8.25. The third-order valence-electron chi connectivity index (χ3n) is 2.83. The lowest BCUT2D eigenvalue weighted by Crippen LogP contribution is -2.29. The van der Waals surface area contributed by atoms with Crippen molar-refractivity contribution >= 4 is 10.1 Å². The maximum absolute atomic E-state index is 10.5. The number of rotatable bonds is 11. The molecular formula is C12H27NO3S. The van der Waals surface area contributed by atoms with Gasteiger partial charge in [-0.3, -0.25) is 4.55 Å². The molecule has 5 heteroatoms. The van der Waals surface area contributed by atoms with Gasteiger partial charge in [-0.1, -0.05) is 39.0 Å². The molecule has 4 nitrogen and oxygen atoms in total. The van der Waals surface area contributed by atoms with Crippen LogP contribution in [0.3, 0.4) is 0 Å². The zero-order chi connectivity index (χ0) is 13.1. The molecule has 0 heterocycles. The molecule has 0 saturated heterocycles. The van der Waals surface area contributed by atoms with Crippen LogP contribution >= 0.6 is 0 Å². The Bertz CT molecular complexity index is 265. The fourth-order valence-corrected chi connectivity index (χ4v) is 2.33. The predicted octanol–water partition coefficient (Wildman–Crippen LogP) is 2.60. The summed E-state index contributed by atoms with van der Waals surface area (Å²) in [6, 6.07) is 0.146. The minimum absolute atomic E-state index is 0.146. The van der Waals surface area contributed by atoms with Crippen LogP contribution in [-0.4, -0.2) is 31.3 Å². The summed E-state index contributed by atoms with van der Waals surface area (Å²) in [5.74, 6) is -0.155. The molecule has 0 aliphatic heterocycles. The second kappa shape index (κ2) is 9.85. The van der Waals surface area contributed by atoms with Gasteiger partial charge >= 0.3 is 0 Å². The normalized spacial score (nSPS) is 13.8. The molecule has 0 aliphatic rings. The Hall–Kier alpha value is -0.130. The molecule has 0 radical (unpaired) electrons. The average Bonchev–Trinajstić information content (AvgIpc) is 2.24. The van der Waals surface area contributed by atoms with Crippen LogP contribution in [0.1, 0.15) is 58.8 Å². The Labute approximate surface area is 106 Å². The Morgan fingerprint density at radius 1 is 1.12 bits per heavy atom. The fourth-order valence-electron chi connectivity index (χ4n) is 1.68. The second-order valence-corrected chi connectivity index (χ2v) is 6.27. The minimum atomic E-state index is -3.80. The fraction of sp³-hybridized carbons (Fsp3) is 1.00. The summed E-state index contributed by atoms with van der Waals surface area (Å²) in [5, 5.41) is 3.27. The Morgan fingerprint density at radius 2 is 1.71 bits per heavy atom. The molecule has 0 aromatic rings. The molecule has 0 aliphatic carbocycles. The van der Waals surface area contributed by atoms with Crippen LogP contribution in [0.5, 0.6) is 0 Å². The highest BCUT2D eigenvalue weighted by Gasteiger charge is 2.08. The highest BCUT2D eigenvalue weighted by molar-refractivity contribution is 7.85. The van der Waals surface area contributed by atoms with Crippen molar-refractivity contribution in [3.05, 3.63) is 0 Å². The van der Waals surface area contributed by atoms with Gasteiger partial charge in [0, 0.05) is 6.04 Å². The quantitative estimate of drug-likeness (QED) is 0.445. The second-order valence-electron chi connectivity index (χ2n) is 4.70. The van der Waals surface area contributed by atoms with Gasteiger partial charge in [-0.15, -0.1) is 0 Å². The highest BCUT2D eigenvalue weighted by atomic mass is 32.2. The molecule has 0 saturated carbocycles. The van der Waals surface area contributed by atoms with Crippen LogP contribution in [0.2, 0.25) is 0 Å². The minimum Gasteiger partial charge on any atom is -0.314 e. The zero-order valence-corrected chi connectivity index (χ0v) is 11.9. The van der Waals surface area contributed by atoms with Gasteiger partial charge in [0.2, 0.25) is 0 Å². The van der Waals surface area contributed by atoms with Crippen molar-refractivity contribution in [1.29, 1.82) is 0 Å². The summed E-state index contributed by atoms with van der Waals surface area (Å²) in [6.45, 7) is 5.08. The molecule has 17 heavy (non-hydrogen) atoms. The Morgan fingerprint density at radius 3 is 2.29 bits per heavy atom. The molecule has 0 bridgehead atoms. The van der Waals surface area contributed by atoms with E-state index in [-0.39, 0.29) is 11.8 Å². The molecule has 104 valence electrons. The monoisotopic (exact) mass is 265 g/mol. The number of nitrogens with one attached hydrogen (secondary N) is 1. The molecular weight excluding hydrogens is 238 g/mol. The number of hydrogen-bond donors (Lipinski definition) is 2. The SMILES string of the molecule is CCCCCCCCNC(C)CCS(=O)(=O)O. The zero-order valence-electron chi connectivity index (χ0n) is 11.1. The summed E-state index contributed by atoms with van der Waals surface area (Å²) >= 11 is 0. The van der Waals surface area contributed by atoms with Gasteiger partial charge in [-0.05, 0) is 26.3 Å². The molecule has 1 unspecified atom stereocenters. The largest absolute Gasteiger partial charge is 0.314 e. The predicted molar refractivity (Wildman–Crippen MR) is 71.9 cm³/mol. The van der Waals surface area contributed by atoms with Crippen LogP contribution in [0, 0.1) is 0 Å². The first kappa shape index (κ1) is 16.9. The van der Waals surface area contributed by atoms with Crippen molar-refractivity contribution in [2.45, 2.75) is 64.8 Å². The lowest BCUT2D eigenvalue weighted by Gasteiger charge is -2.12. The molecule has 2 N–H and O–H groups in total. The van der Waals surface area contributed by atoms with Crippen molar-refractivity contribution < 1.29 is 13.0 Å². The molecule has 0 aromatic carbocycles. The van der Waals surface area contributed by atoms with Crippen LogP contribution in [0.25, 0.3) is 0 Å². The van der Waals surface area contributed by atoms with E-state index in [2.05, 4.69) is 12.2 Å². The average molecular weight is 265 g/mol. The van der Waals surface area contributed by atoms with E-state index in [9.17, 15) is 8.42 Å². The van der Waals surface area contributed by atoms with E-state index in [0.717, 1.165) is 13.0 Å². The van der Waals surface area contributed by atoms with Crippen LogP contribution < -0.4 is 5.32 Å². The Balaban J connectivity index is 3.30. The van der Waals surface area contributed by atoms with Gasteiger partial charge in [0.15, 0.2) is 0 Å². The standard InChI is InChI=1S/C12H27NO3S/c1-3-4-5-6-7-8-10-13-12(2)9-11-17(14,15)16/h12-13H,3-11H2,1-2H3,(H,14,15,16). The van der Waals surface area contributed by atoms with Crippen LogP contribution in [-0.2, 0) is 10.1 Å². The molecule has 0 spiro atoms. The van der Waals surface area contributed by atoms with Crippen LogP contribution in [0.15, 0.2) is 0 Å². The van der Waals surface area contributed by atoms with Crippen molar-refractivity contribution in [1.82, 2.24) is 5.32 Å². The summed E-state index contributed by atoms with van der Waals surface area (Å²) in [6.07, 6.45) is 8.03. The van der Waals surface area contributed by atoms with Gasteiger partial charge in [0.25, 0.3) is 10.1 Å². The maximum atomic E-state index is 10.5.